The van der Waals surface area contributed by atoms with E-state index in [0.717, 1.165) is 12.8 Å². The third-order valence-corrected chi connectivity index (χ3v) is 5.94. The minimum Gasteiger partial charge on any atom is -0.335 e. The van der Waals surface area contributed by atoms with Gasteiger partial charge >= 0.3 is 6.03 Å². The quantitative estimate of drug-likeness (QED) is 0.596. The average Bonchev–Trinajstić information content (AvgIpc) is 3.30. The predicted molar refractivity (Wildman–Crippen MR) is 113 cm³/mol. The number of rotatable bonds is 4. The van der Waals surface area contributed by atoms with Gasteiger partial charge in [0.05, 0.1) is 22.4 Å². The average molecular weight is 426 g/mol. The highest BCUT2D eigenvalue weighted by Gasteiger charge is 2.27. The van der Waals surface area contributed by atoms with Gasteiger partial charge in [-0.05, 0) is 25.0 Å². The molecule has 0 unspecified atom stereocenters. The Morgan fingerprint density at radius 3 is 2.29 bits per heavy atom. The van der Waals surface area contributed by atoms with Gasteiger partial charge in [-0.2, -0.15) is 5.10 Å². The molecule has 10 nitrogen and oxygen atoms in total. The summed E-state index contributed by atoms with van der Waals surface area (Å²) in [5.41, 5.74) is 1.07. The van der Waals surface area contributed by atoms with Crippen molar-refractivity contribution in [1.29, 1.82) is 0 Å². The zero-order valence-electron chi connectivity index (χ0n) is 17.3. The Kier molecular flexibility index (Phi) is 6.15. The number of non-ortho nitro benzene ring substituents is 1. The highest BCUT2D eigenvalue weighted by Crippen LogP contribution is 2.18. The number of hydrogen-bond acceptors (Lipinski definition) is 5. The Labute approximate surface area is 180 Å². The van der Waals surface area contributed by atoms with Crippen molar-refractivity contribution in [2.45, 2.75) is 38.1 Å². The number of urea groups is 1. The molecule has 2 aliphatic rings. The molecule has 1 N–H and O–H groups in total. The number of nitro benzene ring substituents is 1. The molecule has 3 amide bonds. The lowest BCUT2D eigenvalue weighted by Gasteiger charge is -2.35. The summed E-state index contributed by atoms with van der Waals surface area (Å²) in [6, 6.07) is 6.20. The summed E-state index contributed by atoms with van der Waals surface area (Å²) in [7, 11) is 0. The van der Waals surface area contributed by atoms with Crippen LogP contribution in [0, 0.1) is 10.1 Å². The van der Waals surface area contributed by atoms with Gasteiger partial charge in [-0.25, -0.2) is 9.48 Å². The Hall–Kier alpha value is -3.43. The van der Waals surface area contributed by atoms with E-state index in [0.29, 0.717) is 37.4 Å². The zero-order valence-corrected chi connectivity index (χ0v) is 17.3. The van der Waals surface area contributed by atoms with Gasteiger partial charge in [0.1, 0.15) is 0 Å². The molecular weight excluding hydrogens is 400 g/mol. The van der Waals surface area contributed by atoms with E-state index in [1.165, 1.54) is 42.3 Å². The number of nitrogens with zero attached hydrogens (tertiary/aromatic N) is 5. The van der Waals surface area contributed by atoms with E-state index in [9.17, 15) is 19.7 Å². The van der Waals surface area contributed by atoms with Crippen LogP contribution in [0.2, 0.25) is 0 Å². The smallest absolute Gasteiger partial charge is 0.317 e. The number of hydrogen-bond donors (Lipinski definition) is 1. The number of carbonyl (C=O) groups excluding carboxylic acids is 2. The van der Waals surface area contributed by atoms with Crippen molar-refractivity contribution in [3.8, 4) is 5.69 Å². The number of benzene rings is 1. The second-order valence-electron chi connectivity index (χ2n) is 8.01. The number of carbonyl (C=O) groups is 2. The number of nitro groups is 1. The second-order valence-corrected chi connectivity index (χ2v) is 8.01. The van der Waals surface area contributed by atoms with Gasteiger partial charge in [0.2, 0.25) is 0 Å². The number of amides is 3. The monoisotopic (exact) mass is 426 g/mol. The number of piperazine rings is 1. The van der Waals surface area contributed by atoms with Crippen molar-refractivity contribution in [3.63, 3.8) is 0 Å². The molecule has 164 valence electrons. The van der Waals surface area contributed by atoms with Gasteiger partial charge in [0, 0.05) is 50.6 Å². The molecule has 1 aliphatic heterocycles. The van der Waals surface area contributed by atoms with Crippen LogP contribution >= 0.6 is 0 Å². The molecule has 31 heavy (non-hydrogen) atoms. The minimum atomic E-state index is -0.461. The molecule has 0 spiro atoms. The molecule has 1 saturated carbocycles. The van der Waals surface area contributed by atoms with Crippen LogP contribution in [-0.2, 0) is 0 Å². The lowest BCUT2D eigenvalue weighted by atomic mass is 9.96. The molecule has 1 aromatic heterocycles. The second kappa shape index (κ2) is 9.15. The van der Waals surface area contributed by atoms with Crippen LogP contribution in [0.5, 0.6) is 0 Å². The van der Waals surface area contributed by atoms with Gasteiger partial charge in [-0.15, -0.1) is 0 Å². The number of nitrogens with one attached hydrogen (secondary N) is 1. The first-order valence-electron chi connectivity index (χ1n) is 10.7. The summed E-state index contributed by atoms with van der Waals surface area (Å²) < 4.78 is 1.52. The fraction of sp³-hybridized carbons (Fsp3) is 0.476. The molecular formula is C21H26N6O4. The van der Waals surface area contributed by atoms with Crippen LogP contribution < -0.4 is 5.32 Å². The van der Waals surface area contributed by atoms with Crippen molar-refractivity contribution in [2.24, 2.45) is 0 Å². The highest BCUT2D eigenvalue weighted by atomic mass is 16.6. The molecule has 1 aromatic carbocycles. The Morgan fingerprint density at radius 1 is 1.00 bits per heavy atom. The Balaban J connectivity index is 1.31. The Morgan fingerprint density at radius 2 is 1.65 bits per heavy atom. The third-order valence-electron chi connectivity index (χ3n) is 5.94. The number of aromatic nitrogens is 2. The maximum absolute atomic E-state index is 12.8. The van der Waals surface area contributed by atoms with Gasteiger partial charge in [-0.1, -0.05) is 19.3 Å². The molecule has 2 fully saturated rings. The van der Waals surface area contributed by atoms with Crippen LogP contribution in [0.1, 0.15) is 42.5 Å². The van der Waals surface area contributed by atoms with E-state index in [1.54, 1.807) is 28.1 Å². The van der Waals surface area contributed by atoms with Crippen LogP contribution in [-0.4, -0.2) is 68.7 Å². The fourth-order valence-electron chi connectivity index (χ4n) is 4.11. The van der Waals surface area contributed by atoms with E-state index < -0.39 is 4.92 Å². The molecule has 0 bridgehead atoms. The predicted octanol–water partition coefficient (Wildman–Crippen LogP) is 2.58. The molecule has 1 saturated heterocycles. The summed E-state index contributed by atoms with van der Waals surface area (Å²) in [5.74, 6) is -0.138. The molecule has 2 heterocycles. The molecule has 0 atom stereocenters. The first kappa shape index (κ1) is 20.8. The molecule has 10 heteroatoms. The van der Waals surface area contributed by atoms with E-state index in [-0.39, 0.29) is 23.7 Å². The van der Waals surface area contributed by atoms with E-state index in [1.807, 2.05) is 0 Å². The molecule has 1 aliphatic carbocycles. The van der Waals surface area contributed by atoms with Crippen LogP contribution in [0.15, 0.2) is 36.7 Å². The fourth-order valence-corrected chi connectivity index (χ4v) is 4.11. The van der Waals surface area contributed by atoms with Crippen LogP contribution in [0.3, 0.4) is 0 Å². The Bertz CT molecular complexity index is 943. The summed E-state index contributed by atoms with van der Waals surface area (Å²) in [6.45, 7) is 1.95. The maximum atomic E-state index is 12.8. The standard InChI is InChI=1S/C21H26N6O4/c28-20(16-14-22-26(15-16)18-6-8-19(9-7-18)27(30)31)24-10-12-25(13-11-24)21(29)23-17-4-2-1-3-5-17/h6-9,14-15,17H,1-5,10-13H2,(H,23,29). The third kappa shape index (κ3) is 4.84. The largest absolute Gasteiger partial charge is 0.335 e. The van der Waals surface area contributed by atoms with Gasteiger partial charge in [0.15, 0.2) is 0 Å². The van der Waals surface area contributed by atoms with Crippen LogP contribution in [0.25, 0.3) is 5.69 Å². The van der Waals surface area contributed by atoms with Gasteiger partial charge < -0.3 is 15.1 Å². The molecule has 4 rings (SSSR count). The minimum absolute atomic E-state index is 0.00222. The van der Waals surface area contributed by atoms with E-state index in [2.05, 4.69) is 10.4 Å². The van der Waals surface area contributed by atoms with E-state index >= 15 is 0 Å². The van der Waals surface area contributed by atoms with Gasteiger partial charge in [-0.3, -0.25) is 14.9 Å². The summed E-state index contributed by atoms with van der Waals surface area (Å²) >= 11 is 0. The lowest BCUT2D eigenvalue weighted by Crippen LogP contribution is -2.54. The maximum Gasteiger partial charge on any atom is 0.317 e. The summed E-state index contributed by atoms with van der Waals surface area (Å²) in [6.07, 6.45) is 8.78. The summed E-state index contributed by atoms with van der Waals surface area (Å²) in [5, 5.41) is 18.1. The van der Waals surface area contributed by atoms with Crippen molar-refractivity contribution in [2.75, 3.05) is 26.2 Å². The van der Waals surface area contributed by atoms with Gasteiger partial charge in [0.25, 0.3) is 11.6 Å². The van der Waals surface area contributed by atoms with Crippen molar-refractivity contribution < 1.29 is 14.5 Å². The first-order chi connectivity index (χ1) is 15.0. The van der Waals surface area contributed by atoms with Crippen molar-refractivity contribution in [3.05, 3.63) is 52.3 Å². The lowest BCUT2D eigenvalue weighted by molar-refractivity contribution is -0.384. The SMILES string of the molecule is O=C(NC1CCCCC1)N1CCN(C(=O)c2cnn(-c3ccc([N+](=O)[O-])cc3)c2)CC1. The van der Waals surface area contributed by atoms with Crippen LogP contribution in [0.4, 0.5) is 10.5 Å². The van der Waals surface area contributed by atoms with Crippen molar-refractivity contribution in [1.82, 2.24) is 24.9 Å². The molecule has 0 radical (unpaired) electrons. The van der Waals surface area contributed by atoms with Crippen molar-refractivity contribution >= 4 is 17.6 Å². The molecule has 2 aromatic rings. The van der Waals surface area contributed by atoms with E-state index in [4.69, 9.17) is 0 Å². The highest BCUT2D eigenvalue weighted by molar-refractivity contribution is 5.94. The topological polar surface area (TPSA) is 114 Å². The normalized spacial score (nSPS) is 17.4. The summed E-state index contributed by atoms with van der Waals surface area (Å²) in [4.78, 5) is 39.2. The zero-order chi connectivity index (χ0) is 21.8. The first-order valence-corrected chi connectivity index (χ1v) is 10.7.